The van der Waals surface area contributed by atoms with Crippen molar-refractivity contribution < 1.29 is 0 Å². The fraction of sp³-hybridized carbons (Fsp3) is 0.625. The van der Waals surface area contributed by atoms with Gasteiger partial charge in [0, 0.05) is 31.0 Å². The molecule has 2 N–H and O–H groups in total. The summed E-state index contributed by atoms with van der Waals surface area (Å²) in [6.45, 7) is 2.18. The Kier molecular flexibility index (Phi) is 2.11. The molecule has 0 aromatic carbocycles. The van der Waals surface area contributed by atoms with Crippen molar-refractivity contribution in [2.45, 2.75) is 6.42 Å². The summed E-state index contributed by atoms with van der Waals surface area (Å²) in [5.74, 6) is 1.04. The highest BCUT2D eigenvalue weighted by molar-refractivity contribution is 8.14. The standard InChI is InChI=1S/C8H13N3S/c1-11-3-2-7-6(4-11)5-12-8(9)10-7/h2-5H2,1H3,(H2,9,10). The van der Waals surface area contributed by atoms with Crippen LogP contribution in [0.3, 0.4) is 0 Å². The lowest BCUT2D eigenvalue weighted by atomic mass is 10.1. The molecule has 0 fully saturated rings. The molecule has 12 heavy (non-hydrogen) atoms. The van der Waals surface area contributed by atoms with Crippen molar-refractivity contribution in [3.63, 3.8) is 0 Å². The molecule has 0 saturated carbocycles. The Bertz CT molecular complexity index is 257. The average molecular weight is 183 g/mol. The maximum atomic E-state index is 5.64. The van der Waals surface area contributed by atoms with Crippen LogP contribution in [0.4, 0.5) is 0 Å². The van der Waals surface area contributed by atoms with Crippen molar-refractivity contribution in [1.29, 1.82) is 0 Å². The largest absolute Gasteiger partial charge is 0.378 e. The first kappa shape index (κ1) is 8.13. The number of thioether (sulfide) groups is 1. The maximum Gasteiger partial charge on any atom is 0.159 e. The molecule has 0 amide bonds. The molecule has 4 heteroatoms. The van der Waals surface area contributed by atoms with Gasteiger partial charge in [0.25, 0.3) is 0 Å². The molecule has 2 heterocycles. The summed E-state index contributed by atoms with van der Waals surface area (Å²) in [6, 6.07) is 0. The highest BCUT2D eigenvalue weighted by Crippen LogP contribution is 2.26. The first-order valence-corrected chi connectivity index (χ1v) is 5.10. The normalized spacial score (nSPS) is 25.2. The summed E-state index contributed by atoms with van der Waals surface area (Å²) in [5, 5.41) is 0.735. The first-order chi connectivity index (χ1) is 5.75. The van der Waals surface area contributed by atoms with Crippen molar-refractivity contribution in [1.82, 2.24) is 4.90 Å². The number of nitrogens with zero attached hydrogens (tertiary/aromatic N) is 2. The van der Waals surface area contributed by atoms with E-state index < -0.39 is 0 Å². The summed E-state index contributed by atoms with van der Waals surface area (Å²) < 4.78 is 0. The van der Waals surface area contributed by atoms with E-state index >= 15 is 0 Å². The molecule has 0 saturated heterocycles. The van der Waals surface area contributed by atoms with Crippen LogP contribution >= 0.6 is 11.8 Å². The molecule has 2 aliphatic heterocycles. The average Bonchev–Trinajstić information content (AvgIpc) is 2.05. The molecule has 0 aliphatic carbocycles. The van der Waals surface area contributed by atoms with Crippen molar-refractivity contribution in [3.05, 3.63) is 11.3 Å². The third kappa shape index (κ3) is 1.49. The lowest BCUT2D eigenvalue weighted by molar-refractivity contribution is 0.347. The van der Waals surface area contributed by atoms with Crippen LogP contribution in [0.25, 0.3) is 0 Å². The van der Waals surface area contributed by atoms with Gasteiger partial charge in [0.2, 0.25) is 0 Å². The minimum Gasteiger partial charge on any atom is -0.378 e. The van der Waals surface area contributed by atoms with Gasteiger partial charge in [-0.1, -0.05) is 11.8 Å². The van der Waals surface area contributed by atoms with Crippen molar-refractivity contribution >= 4 is 16.9 Å². The van der Waals surface area contributed by atoms with E-state index in [0.717, 1.165) is 30.4 Å². The summed E-state index contributed by atoms with van der Waals surface area (Å²) in [5.41, 5.74) is 8.34. The second-order valence-corrected chi connectivity index (χ2v) is 4.27. The highest BCUT2D eigenvalue weighted by atomic mass is 32.2. The third-order valence-corrected chi connectivity index (χ3v) is 3.12. The third-order valence-electron chi connectivity index (χ3n) is 2.24. The Balaban J connectivity index is 2.22. The van der Waals surface area contributed by atoms with E-state index in [2.05, 4.69) is 16.9 Å². The molecule has 0 atom stereocenters. The molecule has 0 aromatic heterocycles. The maximum absolute atomic E-state index is 5.64. The van der Waals surface area contributed by atoms with Crippen LogP contribution in [0.2, 0.25) is 0 Å². The van der Waals surface area contributed by atoms with Crippen LogP contribution in [0, 0.1) is 0 Å². The predicted octanol–water partition coefficient (Wildman–Crippen LogP) is 0.638. The van der Waals surface area contributed by atoms with E-state index in [0.29, 0.717) is 0 Å². The molecular formula is C8H13N3S. The zero-order valence-electron chi connectivity index (χ0n) is 7.21. The molecule has 0 aromatic rings. The van der Waals surface area contributed by atoms with Gasteiger partial charge >= 0.3 is 0 Å². The lowest BCUT2D eigenvalue weighted by Crippen LogP contribution is -2.30. The number of nitrogens with two attached hydrogens (primary N) is 1. The van der Waals surface area contributed by atoms with Gasteiger partial charge in [-0.25, -0.2) is 4.99 Å². The lowest BCUT2D eigenvalue weighted by Gasteiger charge is -2.27. The molecule has 2 rings (SSSR count). The van der Waals surface area contributed by atoms with Crippen molar-refractivity contribution in [2.75, 3.05) is 25.9 Å². The Labute approximate surface area is 76.7 Å². The summed E-state index contributed by atoms with van der Waals surface area (Å²) >= 11 is 1.65. The van der Waals surface area contributed by atoms with Crippen LogP contribution in [0.1, 0.15) is 6.42 Å². The van der Waals surface area contributed by atoms with Crippen LogP contribution in [-0.4, -0.2) is 36.0 Å². The van der Waals surface area contributed by atoms with E-state index in [1.54, 1.807) is 11.8 Å². The number of aliphatic imine (C=N–C) groups is 1. The highest BCUT2D eigenvalue weighted by Gasteiger charge is 2.19. The van der Waals surface area contributed by atoms with Gasteiger partial charge in [0.05, 0.1) is 0 Å². The van der Waals surface area contributed by atoms with Gasteiger partial charge in [-0.05, 0) is 12.6 Å². The SMILES string of the molecule is CN1CCC2=C(CSC(N)=N2)C1. The van der Waals surface area contributed by atoms with E-state index in [1.165, 1.54) is 11.3 Å². The Hall–Kier alpha value is -0.480. The quantitative estimate of drug-likeness (QED) is 0.599. The first-order valence-electron chi connectivity index (χ1n) is 4.12. The number of amidine groups is 1. The van der Waals surface area contributed by atoms with Gasteiger partial charge in [0.15, 0.2) is 5.17 Å². The summed E-state index contributed by atoms with van der Waals surface area (Å²) in [4.78, 5) is 6.68. The van der Waals surface area contributed by atoms with Gasteiger partial charge in [-0.2, -0.15) is 0 Å². The smallest absolute Gasteiger partial charge is 0.159 e. The molecule has 66 valence electrons. The molecule has 0 spiro atoms. The minimum absolute atomic E-state index is 0.735. The van der Waals surface area contributed by atoms with Gasteiger partial charge in [-0.15, -0.1) is 0 Å². The van der Waals surface area contributed by atoms with Gasteiger partial charge < -0.3 is 10.6 Å². The number of rotatable bonds is 0. The molecule has 0 unspecified atom stereocenters. The molecule has 0 radical (unpaired) electrons. The van der Waals surface area contributed by atoms with E-state index in [1.807, 2.05) is 0 Å². The molecule has 3 nitrogen and oxygen atoms in total. The number of hydrogen-bond acceptors (Lipinski definition) is 4. The Morgan fingerprint density at radius 3 is 3.25 bits per heavy atom. The fourth-order valence-corrected chi connectivity index (χ4v) is 2.31. The number of likely N-dealkylation sites (N-methyl/N-ethyl adjacent to an activating group) is 1. The van der Waals surface area contributed by atoms with Gasteiger partial charge in [0.1, 0.15) is 0 Å². The topological polar surface area (TPSA) is 41.6 Å². The minimum atomic E-state index is 0.735. The Morgan fingerprint density at radius 2 is 2.42 bits per heavy atom. The predicted molar refractivity (Wildman–Crippen MR) is 53.2 cm³/mol. The second kappa shape index (κ2) is 3.11. The van der Waals surface area contributed by atoms with Crippen molar-refractivity contribution in [2.24, 2.45) is 10.7 Å². The molecule has 0 bridgehead atoms. The Morgan fingerprint density at radius 1 is 1.58 bits per heavy atom. The van der Waals surface area contributed by atoms with E-state index in [-0.39, 0.29) is 0 Å². The van der Waals surface area contributed by atoms with E-state index in [4.69, 9.17) is 5.73 Å². The van der Waals surface area contributed by atoms with Crippen LogP contribution in [0.15, 0.2) is 16.3 Å². The summed E-state index contributed by atoms with van der Waals surface area (Å²) in [7, 11) is 2.15. The monoisotopic (exact) mass is 183 g/mol. The molecule has 2 aliphatic rings. The van der Waals surface area contributed by atoms with Crippen LogP contribution < -0.4 is 5.73 Å². The summed E-state index contributed by atoms with van der Waals surface area (Å²) in [6.07, 6.45) is 1.06. The second-order valence-electron chi connectivity index (χ2n) is 3.28. The van der Waals surface area contributed by atoms with Gasteiger partial charge in [-0.3, -0.25) is 0 Å². The van der Waals surface area contributed by atoms with Crippen molar-refractivity contribution in [3.8, 4) is 0 Å². The zero-order chi connectivity index (χ0) is 8.55. The van der Waals surface area contributed by atoms with E-state index in [9.17, 15) is 0 Å². The zero-order valence-corrected chi connectivity index (χ0v) is 8.02. The van der Waals surface area contributed by atoms with Crippen LogP contribution in [-0.2, 0) is 0 Å². The van der Waals surface area contributed by atoms with Crippen LogP contribution in [0.5, 0.6) is 0 Å². The number of hydrogen-bond donors (Lipinski definition) is 1. The molecular weight excluding hydrogens is 170 g/mol. The fourth-order valence-electron chi connectivity index (χ4n) is 1.56.